The highest BCUT2D eigenvalue weighted by Crippen LogP contribution is 2.58. The molecular weight excluding hydrogens is 488 g/mol. The van der Waals surface area contributed by atoms with Gasteiger partial charge >= 0.3 is 23.9 Å². The van der Waals surface area contributed by atoms with Crippen molar-refractivity contribution in [2.24, 2.45) is 17.3 Å². The number of epoxide rings is 1. The number of ketones is 1. The third-order valence-corrected chi connectivity index (χ3v) is 8.01. The van der Waals surface area contributed by atoms with E-state index in [0.29, 0.717) is 5.57 Å². The van der Waals surface area contributed by atoms with Crippen LogP contribution in [0, 0.1) is 17.3 Å². The average Bonchev–Trinajstić information content (AvgIpc) is 3.52. The van der Waals surface area contributed by atoms with Crippen LogP contribution in [0.1, 0.15) is 48.0 Å². The van der Waals surface area contributed by atoms with E-state index in [-0.39, 0.29) is 13.0 Å². The summed E-state index contributed by atoms with van der Waals surface area (Å²) in [4.78, 5) is 62.3. The minimum Gasteiger partial charge on any atom is -0.461 e. The lowest BCUT2D eigenvalue weighted by Gasteiger charge is -2.53. The lowest BCUT2D eigenvalue weighted by atomic mass is 9.55. The Morgan fingerprint density at radius 1 is 1.11 bits per heavy atom. The van der Waals surface area contributed by atoms with Gasteiger partial charge in [0.2, 0.25) is 0 Å². The number of hydrogen-bond acceptors (Lipinski definition) is 11. The van der Waals surface area contributed by atoms with Crippen LogP contribution in [0.25, 0.3) is 0 Å². The molecule has 37 heavy (non-hydrogen) atoms. The predicted octanol–water partition coefficient (Wildman–Crippen LogP) is 0.955. The van der Waals surface area contributed by atoms with E-state index in [1.165, 1.54) is 32.9 Å². The quantitative estimate of drug-likeness (QED) is 0.244. The Bertz CT molecular complexity index is 1110. The highest BCUT2D eigenvalue weighted by atomic mass is 16.6. The maximum Gasteiger partial charge on any atom is 0.312 e. The summed E-state index contributed by atoms with van der Waals surface area (Å²) in [6, 6.07) is 0. The Balaban J connectivity index is 1.97. The predicted molar refractivity (Wildman–Crippen MR) is 123 cm³/mol. The van der Waals surface area contributed by atoms with Crippen LogP contribution in [0.4, 0.5) is 0 Å². The van der Waals surface area contributed by atoms with E-state index in [4.69, 9.17) is 23.7 Å². The van der Waals surface area contributed by atoms with E-state index in [1.807, 2.05) is 0 Å². The number of carbonyl (C=O) groups is 5. The van der Waals surface area contributed by atoms with E-state index in [0.717, 1.165) is 13.8 Å². The van der Waals surface area contributed by atoms with Gasteiger partial charge in [-0.05, 0) is 31.6 Å². The molecule has 2 saturated heterocycles. The van der Waals surface area contributed by atoms with Gasteiger partial charge in [-0.3, -0.25) is 24.0 Å². The number of rotatable bonds is 4. The van der Waals surface area contributed by atoms with Gasteiger partial charge in [0.1, 0.15) is 12.7 Å². The van der Waals surface area contributed by atoms with Crippen molar-refractivity contribution in [3.8, 4) is 0 Å². The van der Waals surface area contributed by atoms with Crippen LogP contribution in [0.3, 0.4) is 0 Å². The summed E-state index contributed by atoms with van der Waals surface area (Å²) in [5.41, 5.74) is -4.61. The van der Waals surface area contributed by atoms with Crippen molar-refractivity contribution in [1.29, 1.82) is 0 Å². The first-order valence-corrected chi connectivity index (χ1v) is 12.2. The molecule has 2 aliphatic carbocycles. The van der Waals surface area contributed by atoms with Crippen LogP contribution >= 0.6 is 0 Å². The molecule has 0 spiro atoms. The number of ether oxygens (including phenoxy) is 5. The number of carbonyl (C=O) groups excluding carboxylic acids is 5. The zero-order valence-corrected chi connectivity index (χ0v) is 21.6. The van der Waals surface area contributed by atoms with Crippen LogP contribution in [0.2, 0.25) is 0 Å². The highest BCUT2D eigenvalue weighted by molar-refractivity contribution is 5.99. The third-order valence-electron chi connectivity index (χ3n) is 8.01. The second-order valence-electron chi connectivity index (χ2n) is 10.6. The molecule has 0 amide bonds. The maximum atomic E-state index is 13.3. The fourth-order valence-electron chi connectivity index (χ4n) is 6.20. The van der Waals surface area contributed by atoms with Gasteiger partial charge in [0, 0.05) is 32.6 Å². The van der Waals surface area contributed by atoms with E-state index >= 15 is 0 Å². The molecule has 2 aliphatic heterocycles. The van der Waals surface area contributed by atoms with E-state index in [1.54, 1.807) is 13.0 Å². The topological polar surface area (TPSA) is 155 Å². The minimum atomic E-state index is -2.18. The first-order chi connectivity index (χ1) is 17.1. The Morgan fingerprint density at radius 3 is 2.38 bits per heavy atom. The van der Waals surface area contributed by atoms with Crippen molar-refractivity contribution < 1.29 is 52.8 Å². The summed E-state index contributed by atoms with van der Waals surface area (Å²) >= 11 is 0. The van der Waals surface area contributed by atoms with Gasteiger partial charge in [-0.1, -0.05) is 13.0 Å². The molecule has 11 nitrogen and oxygen atoms in total. The lowest BCUT2D eigenvalue weighted by Crippen LogP contribution is -2.68. The highest BCUT2D eigenvalue weighted by Gasteiger charge is 2.72. The fraction of sp³-hybridized carbons (Fsp3) is 0.654. The summed E-state index contributed by atoms with van der Waals surface area (Å²) in [7, 11) is 0. The number of esters is 4. The molecule has 4 rings (SSSR count). The third kappa shape index (κ3) is 4.37. The molecule has 0 bridgehead atoms. The molecule has 11 heteroatoms. The summed E-state index contributed by atoms with van der Waals surface area (Å²) < 4.78 is 28.1. The smallest absolute Gasteiger partial charge is 0.312 e. The first-order valence-electron chi connectivity index (χ1n) is 12.2. The standard InChI is InChI=1S/C26H32O11/c1-12-23(31)36-19-10-16(11-33-13(2)27)9-17-21(35-17)24(5)8-7-18(30)25(6,37-15(4)29)20(24)22(26(12,19)32)34-14(3)28/h7-8,10,12,17,19-22,32H,9,11H2,1-6H3/b16-10+/t12-,17+,19-,20+,21-,22+,24-,25+,26-/m0/s1. The zero-order chi connectivity index (χ0) is 27.5. The van der Waals surface area contributed by atoms with Crippen LogP contribution in [0.5, 0.6) is 0 Å². The SMILES string of the molecule is CC(=O)OC/C1=C/[C@@H]2OC(=O)[C@H](C)[C@@]2(O)[C@H](OC(C)=O)[C@@H]2[C@](C)(C=CC(=O)[C@@]2(C)OC(C)=O)[C@H]2O[C@@H]2C1. The lowest BCUT2D eigenvalue weighted by molar-refractivity contribution is -0.221. The van der Waals surface area contributed by atoms with Crippen molar-refractivity contribution >= 4 is 29.7 Å². The Labute approximate surface area is 214 Å². The second kappa shape index (κ2) is 9.05. The van der Waals surface area contributed by atoms with Gasteiger partial charge in [-0.2, -0.15) is 0 Å². The number of fused-ring (bicyclic) bond motifs is 4. The van der Waals surface area contributed by atoms with Gasteiger partial charge in [0.15, 0.2) is 23.1 Å². The minimum absolute atomic E-state index is 0.127. The molecule has 2 fully saturated rings. The average molecular weight is 521 g/mol. The molecule has 0 aromatic rings. The maximum absolute atomic E-state index is 13.3. The summed E-state index contributed by atoms with van der Waals surface area (Å²) in [6.07, 6.45) is 0.863. The van der Waals surface area contributed by atoms with Crippen LogP contribution in [-0.4, -0.2) is 77.0 Å². The molecule has 2 heterocycles. The Morgan fingerprint density at radius 2 is 1.78 bits per heavy atom. The van der Waals surface area contributed by atoms with E-state index < -0.39 is 82.5 Å². The van der Waals surface area contributed by atoms with Crippen LogP contribution in [-0.2, 0) is 47.7 Å². The van der Waals surface area contributed by atoms with Crippen LogP contribution in [0.15, 0.2) is 23.8 Å². The van der Waals surface area contributed by atoms with Crippen molar-refractivity contribution in [3.63, 3.8) is 0 Å². The molecule has 0 aromatic carbocycles. The Hall–Kier alpha value is -3.05. The van der Waals surface area contributed by atoms with Gasteiger partial charge in [-0.15, -0.1) is 0 Å². The fourth-order valence-corrected chi connectivity index (χ4v) is 6.20. The summed E-state index contributed by atoms with van der Waals surface area (Å²) in [5.74, 6) is -5.73. The summed E-state index contributed by atoms with van der Waals surface area (Å²) in [6.45, 7) is 8.02. The molecule has 0 unspecified atom stereocenters. The van der Waals surface area contributed by atoms with Crippen molar-refractivity contribution in [2.75, 3.05) is 6.61 Å². The van der Waals surface area contributed by atoms with Gasteiger partial charge < -0.3 is 28.8 Å². The number of aliphatic hydroxyl groups is 1. The number of hydrogen-bond donors (Lipinski definition) is 1. The molecular formula is C26H32O11. The molecule has 0 saturated carbocycles. The van der Waals surface area contributed by atoms with Crippen molar-refractivity contribution in [1.82, 2.24) is 0 Å². The zero-order valence-electron chi connectivity index (χ0n) is 21.6. The van der Waals surface area contributed by atoms with Gasteiger partial charge in [0.25, 0.3) is 0 Å². The van der Waals surface area contributed by atoms with Crippen molar-refractivity contribution in [3.05, 3.63) is 23.8 Å². The monoisotopic (exact) mass is 520 g/mol. The molecule has 0 radical (unpaired) electrons. The molecule has 0 aromatic heterocycles. The van der Waals surface area contributed by atoms with Gasteiger partial charge in [-0.25, -0.2) is 0 Å². The van der Waals surface area contributed by atoms with E-state index in [2.05, 4.69) is 0 Å². The van der Waals surface area contributed by atoms with Crippen LogP contribution < -0.4 is 0 Å². The normalized spacial score (nSPS) is 43.7. The first kappa shape index (κ1) is 27.0. The largest absolute Gasteiger partial charge is 0.461 e. The summed E-state index contributed by atoms with van der Waals surface area (Å²) in [5, 5.41) is 12.3. The van der Waals surface area contributed by atoms with Gasteiger partial charge in [0.05, 0.1) is 24.0 Å². The molecule has 4 aliphatic rings. The molecule has 9 atom stereocenters. The van der Waals surface area contributed by atoms with E-state index in [9.17, 15) is 29.1 Å². The van der Waals surface area contributed by atoms with Crippen molar-refractivity contribution in [2.45, 2.75) is 83.6 Å². The Kier molecular flexibility index (Phi) is 6.61. The molecule has 1 N–H and O–H groups in total. The second-order valence-corrected chi connectivity index (χ2v) is 10.6. The molecule has 202 valence electrons.